The van der Waals surface area contributed by atoms with Crippen molar-refractivity contribution in [2.75, 3.05) is 13.1 Å². The van der Waals surface area contributed by atoms with Gasteiger partial charge in [0.05, 0.1) is 6.54 Å². The molecule has 96 valence electrons. The molecule has 1 N–H and O–H groups in total. The number of carbonyl (C=O) groups is 2. The summed E-state index contributed by atoms with van der Waals surface area (Å²) in [6.07, 6.45) is 3.68. The SMILES string of the molecule is CC(C)(C)CN1CC(=O)NC2(CCCC2)C1=O. The second-order valence-corrected chi connectivity index (χ2v) is 6.56. The number of nitrogens with zero attached hydrogens (tertiary/aromatic N) is 1. The molecule has 1 heterocycles. The molecular formula is C13H22N2O2. The van der Waals surface area contributed by atoms with E-state index in [4.69, 9.17) is 0 Å². The molecule has 2 aliphatic rings. The van der Waals surface area contributed by atoms with Crippen LogP contribution in [0.15, 0.2) is 0 Å². The minimum Gasteiger partial charge on any atom is -0.340 e. The Hall–Kier alpha value is -1.06. The van der Waals surface area contributed by atoms with E-state index in [-0.39, 0.29) is 23.8 Å². The van der Waals surface area contributed by atoms with Gasteiger partial charge in [-0.1, -0.05) is 33.6 Å². The summed E-state index contributed by atoms with van der Waals surface area (Å²) >= 11 is 0. The lowest BCUT2D eigenvalue weighted by molar-refractivity contribution is -0.151. The Bertz CT molecular complexity index is 338. The van der Waals surface area contributed by atoms with Gasteiger partial charge in [0.25, 0.3) is 0 Å². The van der Waals surface area contributed by atoms with Crippen molar-refractivity contribution in [1.82, 2.24) is 10.2 Å². The summed E-state index contributed by atoms with van der Waals surface area (Å²) in [7, 11) is 0. The quantitative estimate of drug-likeness (QED) is 0.748. The van der Waals surface area contributed by atoms with Gasteiger partial charge in [0.2, 0.25) is 11.8 Å². The number of amides is 2. The van der Waals surface area contributed by atoms with Gasteiger partial charge in [-0.05, 0) is 18.3 Å². The van der Waals surface area contributed by atoms with E-state index < -0.39 is 5.54 Å². The highest BCUT2D eigenvalue weighted by Crippen LogP contribution is 2.34. The molecule has 0 unspecified atom stereocenters. The first-order chi connectivity index (χ1) is 7.82. The highest BCUT2D eigenvalue weighted by Gasteiger charge is 2.48. The summed E-state index contributed by atoms with van der Waals surface area (Å²) < 4.78 is 0. The zero-order valence-corrected chi connectivity index (χ0v) is 11.0. The number of hydrogen-bond acceptors (Lipinski definition) is 2. The lowest BCUT2D eigenvalue weighted by atomic mass is 9.90. The maximum Gasteiger partial charge on any atom is 0.248 e. The molecule has 0 aromatic heterocycles. The molecule has 4 nitrogen and oxygen atoms in total. The van der Waals surface area contributed by atoms with Crippen molar-refractivity contribution in [3.8, 4) is 0 Å². The second kappa shape index (κ2) is 4.00. The smallest absolute Gasteiger partial charge is 0.248 e. The fourth-order valence-electron chi connectivity index (χ4n) is 2.93. The molecule has 4 heteroatoms. The summed E-state index contributed by atoms with van der Waals surface area (Å²) in [6, 6.07) is 0. The first-order valence-corrected chi connectivity index (χ1v) is 6.43. The van der Waals surface area contributed by atoms with Gasteiger partial charge in [-0.2, -0.15) is 0 Å². The number of rotatable bonds is 1. The first kappa shape index (κ1) is 12.4. The van der Waals surface area contributed by atoms with Crippen LogP contribution in [0.1, 0.15) is 46.5 Å². The van der Waals surface area contributed by atoms with Gasteiger partial charge < -0.3 is 10.2 Å². The van der Waals surface area contributed by atoms with Crippen molar-refractivity contribution in [1.29, 1.82) is 0 Å². The van der Waals surface area contributed by atoms with Gasteiger partial charge in [0.1, 0.15) is 5.54 Å². The third-order valence-electron chi connectivity index (χ3n) is 3.53. The Balaban J connectivity index is 2.17. The summed E-state index contributed by atoms with van der Waals surface area (Å²) in [5.41, 5.74) is -0.534. The van der Waals surface area contributed by atoms with E-state index in [0.717, 1.165) is 25.7 Å². The van der Waals surface area contributed by atoms with Crippen LogP contribution < -0.4 is 5.32 Å². The topological polar surface area (TPSA) is 49.4 Å². The molecule has 2 amide bonds. The Labute approximate surface area is 103 Å². The van der Waals surface area contributed by atoms with Gasteiger partial charge in [0, 0.05) is 6.54 Å². The predicted octanol–water partition coefficient (Wildman–Crippen LogP) is 1.30. The average molecular weight is 238 g/mol. The molecule has 2 rings (SSSR count). The molecule has 1 saturated heterocycles. The van der Waals surface area contributed by atoms with Crippen LogP contribution in [0.2, 0.25) is 0 Å². The number of piperazine rings is 1. The molecule has 0 atom stereocenters. The van der Waals surface area contributed by atoms with E-state index in [1.807, 2.05) is 0 Å². The van der Waals surface area contributed by atoms with Crippen molar-refractivity contribution < 1.29 is 9.59 Å². The molecule has 1 aliphatic carbocycles. The fourth-order valence-corrected chi connectivity index (χ4v) is 2.93. The Kier molecular flexibility index (Phi) is 2.92. The zero-order chi connectivity index (χ0) is 12.7. The molecule has 0 radical (unpaired) electrons. The normalized spacial score (nSPS) is 24.3. The van der Waals surface area contributed by atoms with Crippen LogP contribution in [0.5, 0.6) is 0 Å². The van der Waals surface area contributed by atoms with Crippen LogP contribution in [0, 0.1) is 5.41 Å². The van der Waals surface area contributed by atoms with E-state index >= 15 is 0 Å². The highest BCUT2D eigenvalue weighted by molar-refractivity contribution is 5.98. The van der Waals surface area contributed by atoms with Crippen LogP contribution in [0.25, 0.3) is 0 Å². The standard InChI is InChI=1S/C13H22N2O2/c1-12(2,3)9-15-8-10(16)14-13(11(15)17)6-4-5-7-13/h4-9H2,1-3H3,(H,14,16). The van der Waals surface area contributed by atoms with Crippen LogP contribution in [0.3, 0.4) is 0 Å². The molecule has 0 aromatic rings. The van der Waals surface area contributed by atoms with Crippen molar-refractivity contribution in [2.24, 2.45) is 5.41 Å². The van der Waals surface area contributed by atoms with E-state index in [0.29, 0.717) is 6.54 Å². The average Bonchev–Trinajstić information content (AvgIpc) is 2.61. The third kappa shape index (κ3) is 2.45. The summed E-state index contributed by atoms with van der Waals surface area (Å²) in [5, 5.41) is 2.93. The molecule has 1 aliphatic heterocycles. The number of nitrogens with one attached hydrogen (secondary N) is 1. The van der Waals surface area contributed by atoms with Crippen LogP contribution in [-0.4, -0.2) is 35.3 Å². The van der Waals surface area contributed by atoms with Crippen LogP contribution in [0.4, 0.5) is 0 Å². The summed E-state index contributed by atoms with van der Waals surface area (Å²) in [4.78, 5) is 26.0. The van der Waals surface area contributed by atoms with Gasteiger partial charge >= 0.3 is 0 Å². The highest BCUT2D eigenvalue weighted by atomic mass is 16.2. The molecule has 1 saturated carbocycles. The fraction of sp³-hybridized carbons (Fsp3) is 0.846. The Morgan fingerprint density at radius 3 is 2.35 bits per heavy atom. The maximum atomic E-state index is 12.5. The third-order valence-corrected chi connectivity index (χ3v) is 3.53. The number of carbonyl (C=O) groups excluding carboxylic acids is 2. The first-order valence-electron chi connectivity index (χ1n) is 6.43. The van der Waals surface area contributed by atoms with Crippen molar-refractivity contribution in [3.05, 3.63) is 0 Å². The minimum absolute atomic E-state index is 0.00394. The van der Waals surface area contributed by atoms with E-state index in [2.05, 4.69) is 26.1 Å². The van der Waals surface area contributed by atoms with Gasteiger partial charge in [-0.15, -0.1) is 0 Å². The monoisotopic (exact) mass is 238 g/mol. The van der Waals surface area contributed by atoms with Gasteiger partial charge in [-0.25, -0.2) is 0 Å². The summed E-state index contributed by atoms with van der Waals surface area (Å²) in [6.45, 7) is 7.15. The minimum atomic E-state index is -0.569. The van der Waals surface area contributed by atoms with Gasteiger partial charge in [-0.3, -0.25) is 9.59 Å². The Morgan fingerprint density at radius 1 is 1.24 bits per heavy atom. The van der Waals surface area contributed by atoms with Gasteiger partial charge in [0.15, 0.2) is 0 Å². The molecule has 1 spiro atoms. The van der Waals surface area contributed by atoms with Crippen molar-refractivity contribution in [3.63, 3.8) is 0 Å². The van der Waals surface area contributed by atoms with E-state index in [1.54, 1.807) is 4.90 Å². The molecule has 17 heavy (non-hydrogen) atoms. The van der Waals surface area contributed by atoms with Crippen molar-refractivity contribution >= 4 is 11.8 Å². The van der Waals surface area contributed by atoms with Crippen LogP contribution in [-0.2, 0) is 9.59 Å². The van der Waals surface area contributed by atoms with E-state index in [1.165, 1.54) is 0 Å². The lowest BCUT2D eigenvalue weighted by Gasteiger charge is -2.41. The van der Waals surface area contributed by atoms with E-state index in [9.17, 15) is 9.59 Å². The predicted molar refractivity (Wildman–Crippen MR) is 65.4 cm³/mol. The van der Waals surface area contributed by atoms with Crippen molar-refractivity contribution in [2.45, 2.75) is 52.0 Å². The number of hydrogen-bond donors (Lipinski definition) is 1. The summed E-state index contributed by atoms with van der Waals surface area (Å²) in [5.74, 6) is 0.125. The largest absolute Gasteiger partial charge is 0.340 e. The van der Waals surface area contributed by atoms with Crippen LogP contribution >= 0.6 is 0 Å². The zero-order valence-electron chi connectivity index (χ0n) is 11.0. The molecular weight excluding hydrogens is 216 g/mol. The molecule has 2 fully saturated rings. The maximum absolute atomic E-state index is 12.5. The lowest BCUT2D eigenvalue weighted by Crippen LogP contribution is -2.66. The molecule has 0 bridgehead atoms. The molecule has 0 aromatic carbocycles. The second-order valence-electron chi connectivity index (χ2n) is 6.56. The Morgan fingerprint density at radius 2 is 1.82 bits per heavy atom.